The van der Waals surface area contributed by atoms with E-state index in [0.717, 1.165) is 12.8 Å². The Labute approximate surface area is 111 Å². The largest absolute Gasteiger partial charge is 0.395 e. The number of aliphatic hydroxyl groups excluding tert-OH is 1. The van der Waals surface area contributed by atoms with Gasteiger partial charge in [0.15, 0.2) is 0 Å². The molecular formula is C13H17ClFNO2. The molecule has 18 heavy (non-hydrogen) atoms. The van der Waals surface area contributed by atoms with Crippen LogP contribution in [0.15, 0.2) is 18.2 Å². The van der Waals surface area contributed by atoms with E-state index in [-0.39, 0.29) is 24.1 Å². The molecular weight excluding hydrogens is 257 g/mol. The number of nitrogens with zero attached hydrogens (tertiary/aromatic N) is 1. The average molecular weight is 274 g/mol. The van der Waals surface area contributed by atoms with Crippen LogP contribution in [0.25, 0.3) is 0 Å². The maximum Gasteiger partial charge on any atom is 0.253 e. The van der Waals surface area contributed by atoms with Crippen LogP contribution in [-0.2, 0) is 0 Å². The van der Waals surface area contributed by atoms with Crippen molar-refractivity contribution in [3.8, 4) is 0 Å². The summed E-state index contributed by atoms with van der Waals surface area (Å²) in [5.41, 5.74) is 0.339. The van der Waals surface area contributed by atoms with E-state index in [2.05, 4.69) is 0 Å². The van der Waals surface area contributed by atoms with E-state index < -0.39 is 5.82 Å². The number of unbranched alkanes of at least 4 members (excludes halogenated alkanes) is 1. The van der Waals surface area contributed by atoms with Gasteiger partial charge in [0.1, 0.15) is 5.82 Å². The van der Waals surface area contributed by atoms with Gasteiger partial charge in [-0.2, -0.15) is 0 Å². The Bertz CT molecular complexity index is 412. The second-order valence-corrected chi connectivity index (χ2v) is 4.41. The summed E-state index contributed by atoms with van der Waals surface area (Å²) >= 11 is 5.65. The van der Waals surface area contributed by atoms with E-state index in [9.17, 15) is 9.18 Å². The summed E-state index contributed by atoms with van der Waals surface area (Å²) in [5, 5.41) is 8.88. The third-order valence-corrected chi connectivity index (χ3v) is 2.89. The van der Waals surface area contributed by atoms with Crippen LogP contribution < -0.4 is 0 Å². The van der Waals surface area contributed by atoms with Crippen molar-refractivity contribution in [2.75, 3.05) is 19.7 Å². The fourth-order valence-electron chi connectivity index (χ4n) is 1.60. The second kappa shape index (κ2) is 7.34. The Hall–Kier alpha value is -1.13. The average Bonchev–Trinajstić information content (AvgIpc) is 2.37. The molecule has 0 fully saturated rings. The summed E-state index contributed by atoms with van der Waals surface area (Å²) in [6, 6.07) is 3.89. The molecule has 1 rings (SSSR count). The van der Waals surface area contributed by atoms with Crippen LogP contribution in [0.1, 0.15) is 30.1 Å². The molecule has 3 nitrogen and oxygen atoms in total. The lowest BCUT2D eigenvalue weighted by Gasteiger charge is -2.21. The summed E-state index contributed by atoms with van der Waals surface area (Å²) in [7, 11) is 0. The van der Waals surface area contributed by atoms with Gasteiger partial charge in [-0.3, -0.25) is 4.79 Å². The molecule has 0 saturated heterocycles. The van der Waals surface area contributed by atoms with Crippen LogP contribution >= 0.6 is 11.6 Å². The van der Waals surface area contributed by atoms with Crippen molar-refractivity contribution in [2.24, 2.45) is 0 Å². The molecule has 1 aromatic carbocycles. The normalized spacial score (nSPS) is 10.4. The summed E-state index contributed by atoms with van der Waals surface area (Å²) < 4.78 is 13.0. The molecule has 0 spiro atoms. The van der Waals surface area contributed by atoms with Crippen molar-refractivity contribution >= 4 is 17.5 Å². The fraction of sp³-hybridized carbons (Fsp3) is 0.462. The zero-order chi connectivity index (χ0) is 13.5. The quantitative estimate of drug-likeness (QED) is 0.866. The summed E-state index contributed by atoms with van der Waals surface area (Å²) in [5.74, 6) is -0.783. The van der Waals surface area contributed by atoms with Gasteiger partial charge in [0.05, 0.1) is 11.6 Å². The molecule has 100 valence electrons. The number of halogens is 2. The maximum atomic E-state index is 13.0. The molecule has 0 aromatic heterocycles. The number of carbonyl (C=O) groups excluding carboxylic acids is 1. The van der Waals surface area contributed by atoms with E-state index in [1.165, 1.54) is 18.2 Å². The van der Waals surface area contributed by atoms with Gasteiger partial charge in [-0.1, -0.05) is 24.9 Å². The molecule has 0 atom stereocenters. The first kappa shape index (κ1) is 14.9. The van der Waals surface area contributed by atoms with Crippen molar-refractivity contribution < 1.29 is 14.3 Å². The lowest BCUT2D eigenvalue weighted by Crippen LogP contribution is -2.34. The van der Waals surface area contributed by atoms with Crippen LogP contribution in [0.4, 0.5) is 4.39 Å². The standard InChI is InChI=1S/C13H17ClFNO2/c1-2-3-6-16(7-8-17)13(18)10-4-5-12(15)11(14)9-10/h4-5,9,17H,2-3,6-8H2,1H3. The third-order valence-electron chi connectivity index (χ3n) is 2.61. The monoisotopic (exact) mass is 273 g/mol. The van der Waals surface area contributed by atoms with Crippen molar-refractivity contribution in [2.45, 2.75) is 19.8 Å². The molecule has 0 bridgehead atoms. The minimum Gasteiger partial charge on any atom is -0.395 e. The first-order valence-corrected chi connectivity index (χ1v) is 6.33. The molecule has 0 aliphatic heterocycles. The second-order valence-electron chi connectivity index (χ2n) is 4.00. The Morgan fingerprint density at radius 1 is 1.44 bits per heavy atom. The van der Waals surface area contributed by atoms with Crippen molar-refractivity contribution in [3.05, 3.63) is 34.6 Å². The van der Waals surface area contributed by atoms with E-state index in [0.29, 0.717) is 12.1 Å². The molecule has 0 aliphatic rings. The smallest absolute Gasteiger partial charge is 0.253 e. The lowest BCUT2D eigenvalue weighted by molar-refractivity contribution is 0.0719. The van der Waals surface area contributed by atoms with Crippen LogP contribution in [0.5, 0.6) is 0 Å². The van der Waals surface area contributed by atoms with Gasteiger partial charge in [0.25, 0.3) is 5.91 Å². The molecule has 0 unspecified atom stereocenters. The third kappa shape index (κ3) is 3.96. The number of hydrogen-bond donors (Lipinski definition) is 1. The number of amides is 1. The molecule has 1 N–H and O–H groups in total. The van der Waals surface area contributed by atoms with Gasteiger partial charge in [0, 0.05) is 18.7 Å². The summed E-state index contributed by atoms with van der Waals surface area (Å²) in [6.07, 6.45) is 1.82. The SMILES string of the molecule is CCCCN(CCO)C(=O)c1ccc(F)c(Cl)c1. The van der Waals surface area contributed by atoms with E-state index in [1.54, 1.807) is 4.90 Å². The van der Waals surface area contributed by atoms with Gasteiger partial charge in [-0.15, -0.1) is 0 Å². The van der Waals surface area contributed by atoms with Crippen LogP contribution in [0.3, 0.4) is 0 Å². The minimum absolute atomic E-state index is 0.0692. The zero-order valence-corrected chi connectivity index (χ0v) is 11.1. The Balaban J connectivity index is 2.83. The minimum atomic E-state index is -0.546. The highest BCUT2D eigenvalue weighted by molar-refractivity contribution is 6.31. The molecule has 0 radical (unpaired) electrons. The van der Waals surface area contributed by atoms with Gasteiger partial charge >= 0.3 is 0 Å². The Morgan fingerprint density at radius 3 is 2.72 bits per heavy atom. The fourth-order valence-corrected chi connectivity index (χ4v) is 1.78. The molecule has 0 heterocycles. The summed E-state index contributed by atoms with van der Waals surface area (Å²) in [4.78, 5) is 13.7. The molecule has 0 saturated carbocycles. The topological polar surface area (TPSA) is 40.5 Å². The highest BCUT2D eigenvalue weighted by atomic mass is 35.5. The highest BCUT2D eigenvalue weighted by Gasteiger charge is 2.15. The first-order chi connectivity index (χ1) is 8.60. The van der Waals surface area contributed by atoms with Crippen molar-refractivity contribution in [1.29, 1.82) is 0 Å². The van der Waals surface area contributed by atoms with Crippen LogP contribution in [0.2, 0.25) is 5.02 Å². The van der Waals surface area contributed by atoms with Crippen LogP contribution in [0, 0.1) is 5.82 Å². The van der Waals surface area contributed by atoms with Gasteiger partial charge in [-0.25, -0.2) is 4.39 Å². The zero-order valence-electron chi connectivity index (χ0n) is 10.3. The van der Waals surface area contributed by atoms with E-state index in [1.807, 2.05) is 6.92 Å². The molecule has 1 aromatic rings. The number of rotatable bonds is 6. The predicted molar refractivity (Wildman–Crippen MR) is 69.3 cm³/mol. The van der Waals surface area contributed by atoms with E-state index >= 15 is 0 Å². The first-order valence-electron chi connectivity index (χ1n) is 5.95. The van der Waals surface area contributed by atoms with Gasteiger partial charge in [0.2, 0.25) is 0 Å². The predicted octanol–water partition coefficient (Wildman–Crippen LogP) is 2.71. The van der Waals surface area contributed by atoms with Crippen LogP contribution in [-0.4, -0.2) is 35.6 Å². The van der Waals surface area contributed by atoms with Crippen molar-refractivity contribution in [1.82, 2.24) is 4.90 Å². The number of carbonyl (C=O) groups is 1. The molecule has 0 aliphatic carbocycles. The van der Waals surface area contributed by atoms with Gasteiger partial charge in [-0.05, 0) is 24.6 Å². The summed E-state index contributed by atoms with van der Waals surface area (Å²) in [6.45, 7) is 2.78. The Morgan fingerprint density at radius 2 is 2.17 bits per heavy atom. The molecule has 1 amide bonds. The maximum absolute atomic E-state index is 13.0. The van der Waals surface area contributed by atoms with E-state index in [4.69, 9.17) is 16.7 Å². The number of benzene rings is 1. The highest BCUT2D eigenvalue weighted by Crippen LogP contribution is 2.17. The van der Waals surface area contributed by atoms with Gasteiger partial charge < -0.3 is 10.0 Å². The Kier molecular flexibility index (Phi) is 6.09. The number of hydrogen-bond acceptors (Lipinski definition) is 2. The van der Waals surface area contributed by atoms with Crippen molar-refractivity contribution in [3.63, 3.8) is 0 Å². The number of aliphatic hydroxyl groups is 1. The lowest BCUT2D eigenvalue weighted by atomic mass is 10.2. The molecule has 5 heteroatoms.